The Bertz CT molecular complexity index is 1870. The number of amides is 1. The van der Waals surface area contributed by atoms with Crippen LogP contribution >= 0.6 is 15.9 Å². The number of fused-ring (bicyclic) bond motifs is 2. The molecule has 2 aromatic heterocycles. The highest BCUT2D eigenvalue weighted by molar-refractivity contribution is 9.10. The average Bonchev–Trinajstić information content (AvgIpc) is 3.61. The van der Waals surface area contributed by atoms with Gasteiger partial charge in [0.1, 0.15) is 11.3 Å². The van der Waals surface area contributed by atoms with E-state index in [1.807, 2.05) is 0 Å². The Labute approximate surface area is 228 Å². The molecule has 1 aliphatic heterocycles. The zero-order valence-electron chi connectivity index (χ0n) is 20.1. The number of carbonyl (C=O) groups excluding carboxylic acids is 2. The number of nitrogens with zero attached hydrogens (tertiary/aromatic N) is 2. The van der Waals surface area contributed by atoms with Gasteiger partial charge in [0.25, 0.3) is 5.91 Å². The number of Topliss-reactive ketones (excluding diaryl/α,β-unsaturated/α-hetero) is 1. The van der Waals surface area contributed by atoms with Gasteiger partial charge in [-0.05, 0) is 60.2 Å². The van der Waals surface area contributed by atoms with E-state index in [9.17, 15) is 24.6 Å². The van der Waals surface area contributed by atoms with Crippen molar-refractivity contribution >= 4 is 61.5 Å². The van der Waals surface area contributed by atoms with Crippen LogP contribution in [-0.4, -0.2) is 45.0 Å². The highest BCUT2D eigenvalue weighted by atomic mass is 79.9. The number of ether oxygens (including phenoxy) is 1. The van der Waals surface area contributed by atoms with Crippen LogP contribution in [0.2, 0.25) is 0 Å². The number of hydrogen-bond donors (Lipinski definition) is 3. The number of halogens is 1. The number of methoxy groups -OCH3 is 1. The van der Waals surface area contributed by atoms with Crippen LogP contribution in [0.4, 0.5) is 5.95 Å². The highest BCUT2D eigenvalue weighted by Crippen LogP contribution is 2.42. The topological polar surface area (TPSA) is 146 Å². The van der Waals surface area contributed by atoms with Crippen LogP contribution < -0.4 is 9.64 Å². The Hall–Kier alpha value is -4.90. The number of furan rings is 1. The van der Waals surface area contributed by atoms with Crippen molar-refractivity contribution < 1.29 is 33.8 Å². The summed E-state index contributed by atoms with van der Waals surface area (Å²) in [7, 11) is 1.49. The van der Waals surface area contributed by atoms with E-state index in [-0.39, 0.29) is 22.8 Å². The van der Waals surface area contributed by atoms with E-state index in [1.165, 1.54) is 25.3 Å². The predicted molar refractivity (Wildman–Crippen MR) is 144 cm³/mol. The summed E-state index contributed by atoms with van der Waals surface area (Å²) in [5.74, 6) is -2.96. The molecule has 0 fully saturated rings. The highest BCUT2D eigenvalue weighted by Gasteiger charge is 2.46. The minimum Gasteiger partial charge on any atom is -0.503 e. The number of aromatic amines is 1. The number of aromatic carboxylic acids is 1. The summed E-state index contributed by atoms with van der Waals surface area (Å²) in [5.41, 5.74) is 1.53. The maximum atomic E-state index is 13.8. The number of ketones is 1. The molecule has 0 saturated carbocycles. The summed E-state index contributed by atoms with van der Waals surface area (Å²) < 4.78 is 11.9. The van der Waals surface area contributed by atoms with Gasteiger partial charge in [0, 0.05) is 9.86 Å². The van der Waals surface area contributed by atoms with Crippen LogP contribution in [0.15, 0.2) is 87.0 Å². The van der Waals surface area contributed by atoms with Gasteiger partial charge in [-0.3, -0.25) is 14.5 Å². The molecule has 1 amide bonds. The number of aliphatic hydroxyl groups excluding tert-OH is 1. The van der Waals surface area contributed by atoms with Crippen LogP contribution in [0.1, 0.15) is 32.5 Å². The predicted octanol–water partition coefficient (Wildman–Crippen LogP) is 5.56. The SMILES string of the molecule is COc1cccc(C2C(C(=O)c3cc4cc(Br)ccc4o3)=C(O)C(=O)N2c2nc3ccc(C(=O)O)cc3[nH]2)c1. The smallest absolute Gasteiger partial charge is 0.335 e. The largest absolute Gasteiger partial charge is 0.503 e. The Kier molecular flexibility index (Phi) is 5.72. The third-order valence-electron chi connectivity index (χ3n) is 6.51. The Morgan fingerprint density at radius 2 is 1.92 bits per heavy atom. The number of imidazole rings is 1. The van der Waals surface area contributed by atoms with E-state index >= 15 is 0 Å². The second-order valence-corrected chi connectivity index (χ2v) is 9.75. The number of carboxylic acid groups (broad SMARTS) is 1. The summed E-state index contributed by atoms with van der Waals surface area (Å²) in [6.07, 6.45) is 0. The van der Waals surface area contributed by atoms with Crippen molar-refractivity contribution in [2.45, 2.75) is 6.04 Å². The number of aliphatic hydroxyl groups is 1. The maximum absolute atomic E-state index is 13.8. The van der Waals surface area contributed by atoms with E-state index < -0.39 is 29.5 Å². The van der Waals surface area contributed by atoms with E-state index in [4.69, 9.17) is 9.15 Å². The fraction of sp³-hybridized carbons (Fsp3) is 0.0714. The van der Waals surface area contributed by atoms with Crippen LogP contribution in [0.3, 0.4) is 0 Å². The molecule has 10 nitrogen and oxygen atoms in total. The molecule has 0 radical (unpaired) electrons. The lowest BCUT2D eigenvalue weighted by Crippen LogP contribution is -2.32. The summed E-state index contributed by atoms with van der Waals surface area (Å²) in [4.78, 5) is 47.4. The Balaban J connectivity index is 1.51. The lowest BCUT2D eigenvalue weighted by Gasteiger charge is -2.24. The van der Waals surface area contributed by atoms with E-state index in [0.29, 0.717) is 33.3 Å². The van der Waals surface area contributed by atoms with Crippen LogP contribution in [-0.2, 0) is 4.79 Å². The first-order valence-corrected chi connectivity index (χ1v) is 12.4. The molecule has 3 N–H and O–H groups in total. The monoisotopic (exact) mass is 587 g/mol. The van der Waals surface area contributed by atoms with Crippen LogP contribution in [0.25, 0.3) is 22.0 Å². The maximum Gasteiger partial charge on any atom is 0.335 e. The second-order valence-electron chi connectivity index (χ2n) is 8.84. The van der Waals surface area contributed by atoms with Crippen molar-refractivity contribution in [3.8, 4) is 5.75 Å². The fourth-order valence-electron chi connectivity index (χ4n) is 4.68. The molecule has 5 aromatic rings. The molecule has 39 heavy (non-hydrogen) atoms. The standard InChI is InChI=1S/C28H18BrN3O7/c1-38-17-4-2-3-13(10-17)23-22(24(33)21-12-15-9-16(29)6-8-20(15)39-21)25(34)26(35)32(23)28-30-18-7-5-14(27(36)37)11-19(18)31-28/h2-12,23,34H,1H3,(H,30,31)(H,36,37). The number of aromatic nitrogens is 2. The molecule has 1 atom stereocenters. The van der Waals surface area contributed by atoms with Crippen molar-refractivity contribution in [3.05, 3.63) is 99.4 Å². The summed E-state index contributed by atoms with van der Waals surface area (Å²) >= 11 is 3.39. The molecule has 6 rings (SSSR count). The third-order valence-corrected chi connectivity index (χ3v) is 7.00. The number of H-pyrrole nitrogens is 1. The zero-order chi connectivity index (χ0) is 27.4. The van der Waals surface area contributed by atoms with Gasteiger partial charge in [-0.2, -0.15) is 0 Å². The molecule has 3 heterocycles. The van der Waals surface area contributed by atoms with Gasteiger partial charge in [0.2, 0.25) is 11.7 Å². The van der Waals surface area contributed by atoms with E-state index in [1.54, 1.807) is 48.5 Å². The quantitative estimate of drug-likeness (QED) is 0.219. The first-order valence-electron chi connectivity index (χ1n) is 11.6. The number of anilines is 1. The average molecular weight is 588 g/mol. The molecule has 11 heteroatoms. The zero-order valence-corrected chi connectivity index (χ0v) is 21.7. The first kappa shape index (κ1) is 24.4. The van der Waals surface area contributed by atoms with Gasteiger partial charge < -0.3 is 24.4 Å². The molecule has 1 aliphatic rings. The molecule has 0 spiro atoms. The van der Waals surface area contributed by atoms with E-state index in [0.717, 1.165) is 9.37 Å². The molecule has 194 valence electrons. The number of rotatable bonds is 6. The van der Waals surface area contributed by atoms with Gasteiger partial charge in [0.15, 0.2) is 11.5 Å². The molecular formula is C28H18BrN3O7. The van der Waals surface area contributed by atoms with Crippen LogP contribution in [0, 0.1) is 0 Å². The number of carboxylic acids is 1. The van der Waals surface area contributed by atoms with Gasteiger partial charge in [-0.1, -0.05) is 28.1 Å². The molecule has 1 unspecified atom stereocenters. The lowest BCUT2D eigenvalue weighted by atomic mass is 9.95. The lowest BCUT2D eigenvalue weighted by molar-refractivity contribution is -0.117. The number of benzene rings is 3. The molecule has 0 aliphatic carbocycles. The Morgan fingerprint density at radius 3 is 2.69 bits per heavy atom. The van der Waals surface area contributed by atoms with Gasteiger partial charge in [-0.15, -0.1) is 0 Å². The van der Waals surface area contributed by atoms with E-state index in [2.05, 4.69) is 25.9 Å². The first-order chi connectivity index (χ1) is 18.7. The van der Waals surface area contributed by atoms with Crippen molar-refractivity contribution in [2.75, 3.05) is 12.0 Å². The number of carbonyl (C=O) groups is 3. The number of hydrogen-bond acceptors (Lipinski definition) is 7. The van der Waals surface area contributed by atoms with Crippen molar-refractivity contribution in [2.24, 2.45) is 0 Å². The van der Waals surface area contributed by atoms with Crippen molar-refractivity contribution in [1.82, 2.24) is 9.97 Å². The minimum atomic E-state index is -1.12. The third kappa shape index (κ3) is 4.03. The summed E-state index contributed by atoms with van der Waals surface area (Å²) in [6, 6.07) is 16.8. The minimum absolute atomic E-state index is 0.0215. The van der Waals surface area contributed by atoms with Gasteiger partial charge >= 0.3 is 5.97 Å². The van der Waals surface area contributed by atoms with Crippen molar-refractivity contribution in [1.29, 1.82) is 0 Å². The molecule has 0 saturated heterocycles. The summed E-state index contributed by atoms with van der Waals surface area (Å²) in [6.45, 7) is 0. The second kappa shape index (κ2) is 9.14. The Morgan fingerprint density at radius 1 is 1.10 bits per heavy atom. The summed E-state index contributed by atoms with van der Waals surface area (Å²) in [5, 5.41) is 21.1. The molecule has 3 aromatic carbocycles. The van der Waals surface area contributed by atoms with Crippen molar-refractivity contribution in [3.63, 3.8) is 0 Å². The van der Waals surface area contributed by atoms with Gasteiger partial charge in [-0.25, -0.2) is 9.78 Å². The fourth-order valence-corrected chi connectivity index (χ4v) is 5.06. The molecule has 0 bridgehead atoms. The normalized spacial score (nSPS) is 15.5. The van der Waals surface area contributed by atoms with Gasteiger partial charge in [0.05, 0.1) is 35.3 Å². The number of nitrogens with one attached hydrogen (secondary N) is 1. The van der Waals surface area contributed by atoms with Crippen LogP contribution in [0.5, 0.6) is 5.75 Å². The molecular weight excluding hydrogens is 570 g/mol.